The van der Waals surface area contributed by atoms with Gasteiger partial charge in [-0.1, -0.05) is 46.8 Å². The second kappa shape index (κ2) is 20.1. The van der Waals surface area contributed by atoms with Crippen molar-refractivity contribution < 1.29 is 116 Å². The fraction of sp³-hybridized carbons (Fsp3) is 0.951. The first-order chi connectivity index (χ1) is 28.1. The van der Waals surface area contributed by atoms with Gasteiger partial charge >= 0.3 is 29.6 Å². The number of aliphatic hydroxyl groups excluding tert-OH is 7. The zero-order valence-electron chi connectivity index (χ0n) is 36.6. The van der Waals surface area contributed by atoms with Crippen LogP contribution in [0, 0.1) is 52.3 Å². The molecule has 2 heterocycles. The Hall–Kier alpha value is 0.0500. The Balaban J connectivity index is 0.00000704. The second-order valence-corrected chi connectivity index (χ2v) is 20.3. The van der Waals surface area contributed by atoms with Crippen molar-refractivity contribution in [3.8, 4) is 0 Å². The van der Waals surface area contributed by atoms with Gasteiger partial charge in [-0.3, -0.25) is 4.18 Å². The molecule has 6 rings (SSSR count). The number of ether oxygens (including phenoxy) is 6. The van der Waals surface area contributed by atoms with Crippen molar-refractivity contribution in [2.75, 3.05) is 34.0 Å². The van der Waals surface area contributed by atoms with E-state index in [-0.39, 0.29) is 79.3 Å². The predicted octanol–water partition coefficient (Wildman–Crippen LogP) is -3.43. The largest absolute Gasteiger partial charge is 1.00 e. The van der Waals surface area contributed by atoms with Gasteiger partial charge in [0.1, 0.15) is 42.7 Å². The molecule has 4 saturated carbocycles. The SMILES string of the molecule is CO[C@H]1[C@H](O[C@H]2[C@H](OC[C@@H](/C=C/[C@@H](C)[C@H]3C[C@@H](O)[C@@H]4[C@]3(C)CC[C@@H]3[C@@]5(C)CC[C@H](O)[C@H](O)[C@@H]5[C@@H](OS(=O)(=O)[O-])C[C@]34O)C(C)C)O[C@@H]([C@@H](O)CO)[C@@H]2O)OC[C@@H](OC)[C@@H]1O.[Na+]. The Morgan fingerprint density at radius 2 is 1.56 bits per heavy atom. The Bertz CT molecular complexity index is 1590. The van der Waals surface area contributed by atoms with Crippen LogP contribution in [-0.4, -0.2) is 173 Å². The summed E-state index contributed by atoms with van der Waals surface area (Å²) in [6.07, 6.45) is -9.51. The first kappa shape index (κ1) is 52.0. The van der Waals surface area contributed by atoms with Crippen molar-refractivity contribution in [2.45, 2.75) is 158 Å². The van der Waals surface area contributed by atoms with Gasteiger partial charge in [-0.05, 0) is 66.6 Å². The summed E-state index contributed by atoms with van der Waals surface area (Å²) in [6.45, 7) is 9.35. The summed E-state index contributed by atoms with van der Waals surface area (Å²) in [5.41, 5.74) is -3.14. The van der Waals surface area contributed by atoms with Crippen molar-refractivity contribution >= 4 is 10.4 Å². The third-order valence-electron chi connectivity index (χ3n) is 15.7. The summed E-state index contributed by atoms with van der Waals surface area (Å²) in [6, 6.07) is 0. The molecule has 0 amide bonds. The van der Waals surface area contributed by atoms with Crippen molar-refractivity contribution in [3.63, 3.8) is 0 Å². The van der Waals surface area contributed by atoms with Gasteiger partial charge in [-0.15, -0.1) is 0 Å². The van der Waals surface area contributed by atoms with Crippen LogP contribution in [0.2, 0.25) is 0 Å². The van der Waals surface area contributed by atoms with Gasteiger partial charge in [0.2, 0.25) is 10.4 Å². The van der Waals surface area contributed by atoms with Crippen molar-refractivity contribution in [1.82, 2.24) is 0 Å². The van der Waals surface area contributed by atoms with Crippen LogP contribution in [-0.2, 0) is 43.0 Å². The van der Waals surface area contributed by atoms with Gasteiger partial charge in [-0.2, -0.15) is 0 Å². The van der Waals surface area contributed by atoms with Crippen LogP contribution in [0.1, 0.15) is 73.1 Å². The van der Waals surface area contributed by atoms with Crippen LogP contribution < -0.4 is 29.6 Å². The number of methoxy groups -OCH3 is 2. The summed E-state index contributed by atoms with van der Waals surface area (Å²) in [5, 5.41) is 88.6. The van der Waals surface area contributed by atoms with Crippen LogP contribution in [0.5, 0.6) is 0 Å². The van der Waals surface area contributed by atoms with Gasteiger partial charge in [0.25, 0.3) is 0 Å². The van der Waals surface area contributed by atoms with E-state index in [1.165, 1.54) is 14.2 Å². The molecule has 20 heteroatoms. The molecule has 0 aromatic carbocycles. The molecule has 0 radical (unpaired) electrons. The molecule has 0 aromatic rings. The molecular formula is C41H69NaO18S. The standard InChI is InChI=1S/C41H70O18S.Na/c1-19(2)21(17-55-38-35(32(48)33(57-38)25(45)16-42)58-37-34(54-7)31(47)27(53-6)18-56-37)9-8-20(3)22-14-24(44)36-39(22,4)13-11-28-40(5)12-10-23(43)30(46)29(40)26(15-41(28,36)49)59-60(50,51)52;/h8-9,19-38,42-49H,10-18H2,1-7H3,(H,50,51,52);/q;+1/p-1/b9-8+;/t20-,21-,22-,23+,24-,25+,26+,27-,28-,29+,30+,31+,32+,33+,34-,35-,36-,37+,38-,39-,40-,41+;/m1./s1. The minimum atomic E-state index is -5.25. The predicted molar refractivity (Wildman–Crippen MR) is 208 cm³/mol. The molecule has 0 spiro atoms. The smallest absolute Gasteiger partial charge is 0.726 e. The van der Waals surface area contributed by atoms with E-state index in [2.05, 4.69) is 6.08 Å². The number of rotatable bonds is 15. The van der Waals surface area contributed by atoms with E-state index in [0.29, 0.717) is 25.7 Å². The maximum Gasteiger partial charge on any atom is 1.00 e. The van der Waals surface area contributed by atoms with Crippen LogP contribution >= 0.6 is 0 Å². The first-order valence-electron chi connectivity index (χ1n) is 21.4. The fourth-order valence-corrected chi connectivity index (χ4v) is 13.1. The van der Waals surface area contributed by atoms with Gasteiger partial charge in [-0.25, -0.2) is 8.42 Å². The minimum Gasteiger partial charge on any atom is -0.726 e. The minimum absolute atomic E-state index is 0. The summed E-state index contributed by atoms with van der Waals surface area (Å²) in [7, 11) is -2.45. The molecule has 348 valence electrons. The quantitative estimate of drug-likeness (QED) is 0.0344. The Labute approximate surface area is 381 Å². The zero-order valence-corrected chi connectivity index (χ0v) is 39.5. The van der Waals surface area contributed by atoms with Gasteiger partial charge in [0, 0.05) is 38.4 Å². The molecule has 0 bridgehead atoms. The third kappa shape index (κ3) is 9.89. The molecule has 8 N–H and O–H groups in total. The number of allylic oxidation sites excluding steroid dienone is 1. The third-order valence-corrected chi connectivity index (χ3v) is 16.2. The molecule has 61 heavy (non-hydrogen) atoms. The van der Waals surface area contributed by atoms with Gasteiger partial charge in [0.15, 0.2) is 12.6 Å². The number of hydrogen-bond donors (Lipinski definition) is 8. The summed E-state index contributed by atoms with van der Waals surface area (Å²) in [5.74, 6) is -2.49. The summed E-state index contributed by atoms with van der Waals surface area (Å²) >= 11 is 0. The van der Waals surface area contributed by atoms with Crippen LogP contribution in [0.25, 0.3) is 0 Å². The molecular weight excluding hydrogens is 835 g/mol. The Morgan fingerprint density at radius 3 is 2.16 bits per heavy atom. The molecule has 2 saturated heterocycles. The second-order valence-electron chi connectivity index (χ2n) is 19.3. The zero-order chi connectivity index (χ0) is 44.3. The van der Waals surface area contributed by atoms with Gasteiger partial charge in [0.05, 0.1) is 49.8 Å². The van der Waals surface area contributed by atoms with E-state index in [0.717, 1.165) is 0 Å². The fourth-order valence-electron chi connectivity index (χ4n) is 12.6. The monoisotopic (exact) mass is 904 g/mol. The molecule has 0 unspecified atom stereocenters. The molecule has 22 atom stereocenters. The van der Waals surface area contributed by atoms with E-state index >= 15 is 0 Å². The number of fused-ring (bicyclic) bond motifs is 5. The molecule has 18 nitrogen and oxygen atoms in total. The number of aliphatic hydroxyl groups is 8. The van der Waals surface area contributed by atoms with Gasteiger partial charge < -0.3 is 73.8 Å². The molecule has 0 aromatic heterocycles. The van der Waals surface area contributed by atoms with Crippen LogP contribution in [0.3, 0.4) is 0 Å². The maximum atomic E-state index is 12.8. The van der Waals surface area contributed by atoms with Crippen molar-refractivity contribution in [2.24, 2.45) is 52.3 Å². The van der Waals surface area contributed by atoms with E-state index in [9.17, 15) is 53.8 Å². The topological polar surface area (TPSA) is 284 Å². The Kier molecular flexibility index (Phi) is 17.1. The Morgan fingerprint density at radius 1 is 0.885 bits per heavy atom. The maximum absolute atomic E-state index is 12.8. The van der Waals surface area contributed by atoms with E-state index in [1.807, 2.05) is 40.7 Å². The summed E-state index contributed by atoms with van der Waals surface area (Å²) in [4.78, 5) is 0. The summed E-state index contributed by atoms with van der Waals surface area (Å²) < 4.78 is 75.9. The normalized spacial score (nSPS) is 48.0. The van der Waals surface area contributed by atoms with Crippen LogP contribution in [0.15, 0.2) is 12.2 Å². The molecule has 2 aliphatic heterocycles. The number of hydrogen-bond acceptors (Lipinski definition) is 18. The average Bonchev–Trinajstić information content (AvgIpc) is 3.63. The van der Waals surface area contributed by atoms with E-state index in [4.69, 9.17) is 32.6 Å². The first-order valence-corrected chi connectivity index (χ1v) is 22.7. The molecule has 6 fully saturated rings. The van der Waals surface area contributed by atoms with E-state index < -0.39 is 131 Å². The van der Waals surface area contributed by atoms with Crippen LogP contribution in [0.4, 0.5) is 0 Å². The average molecular weight is 905 g/mol. The van der Waals surface area contributed by atoms with Crippen molar-refractivity contribution in [3.05, 3.63) is 12.2 Å². The van der Waals surface area contributed by atoms with Crippen molar-refractivity contribution in [1.29, 1.82) is 0 Å². The van der Waals surface area contributed by atoms with E-state index in [1.54, 1.807) is 0 Å². The molecule has 6 aliphatic rings. The molecule has 4 aliphatic carbocycles.